The molecule has 0 aliphatic heterocycles. The first-order valence-electron chi connectivity index (χ1n) is 6.88. The van der Waals surface area contributed by atoms with Crippen molar-refractivity contribution in [3.05, 3.63) is 69.0 Å². The summed E-state index contributed by atoms with van der Waals surface area (Å²) in [5.74, 6) is -6.22. The van der Waals surface area contributed by atoms with E-state index in [4.69, 9.17) is 28.9 Å². The fraction of sp³-hybridized carbons (Fsp3) is 0.125. The molecule has 2 aromatic rings. The van der Waals surface area contributed by atoms with Crippen LogP contribution in [0, 0.1) is 17.5 Å². The third-order valence-electron chi connectivity index (χ3n) is 3.35. The van der Waals surface area contributed by atoms with Crippen LogP contribution < -0.4 is 11.1 Å². The summed E-state index contributed by atoms with van der Waals surface area (Å²) >= 11 is 12.0. The number of nitrogens with one attached hydrogen (secondary N) is 1. The summed E-state index contributed by atoms with van der Waals surface area (Å²) in [6, 6.07) is 3.97. The van der Waals surface area contributed by atoms with Gasteiger partial charge in [0.05, 0.1) is 0 Å². The highest BCUT2D eigenvalue weighted by atomic mass is 35.5. The van der Waals surface area contributed by atoms with Crippen LogP contribution in [0.4, 0.5) is 13.2 Å². The van der Waals surface area contributed by atoms with Gasteiger partial charge in [0.25, 0.3) is 5.91 Å². The third-order valence-corrected chi connectivity index (χ3v) is 4.06. The summed E-state index contributed by atoms with van der Waals surface area (Å²) in [6.07, 6.45) is -0.190. The summed E-state index contributed by atoms with van der Waals surface area (Å²) in [5, 5.41) is 2.56. The highest BCUT2D eigenvalue weighted by Gasteiger charge is 2.25. The summed E-state index contributed by atoms with van der Waals surface area (Å²) < 4.78 is 40.3. The molecule has 3 N–H and O–H groups in total. The van der Waals surface area contributed by atoms with Crippen molar-refractivity contribution >= 4 is 35.0 Å². The number of rotatable bonds is 5. The molecule has 0 fully saturated rings. The molecule has 0 unspecified atom stereocenters. The quantitative estimate of drug-likeness (QED) is 0.822. The summed E-state index contributed by atoms with van der Waals surface area (Å²) in [5.41, 5.74) is 4.52. The van der Waals surface area contributed by atoms with Gasteiger partial charge in [-0.15, -0.1) is 0 Å². The maximum absolute atomic E-state index is 13.7. The molecule has 2 amide bonds. The van der Waals surface area contributed by atoms with Crippen molar-refractivity contribution in [3.63, 3.8) is 0 Å². The van der Waals surface area contributed by atoms with E-state index < -0.39 is 40.9 Å². The molecule has 0 heterocycles. The minimum absolute atomic E-state index is 0.190. The van der Waals surface area contributed by atoms with Crippen LogP contribution >= 0.6 is 23.2 Å². The lowest BCUT2D eigenvalue weighted by molar-refractivity contribution is -0.119. The van der Waals surface area contributed by atoms with Crippen molar-refractivity contribution in [2.75, 3.05) is 0 Å². The molecule has 0 radical (unpaired) electrons. The molecule has 0 bridgehead atoms. The molecule has 25 heavy (non-hydrogen) atoms. The van der Waals surface area contributed by atoms with E-state index in [1.807, 2.05) is 0 Å². The van der Waals surface area contributed by atoms with Gasteiger partial charge in [0.2, 0.25) is 5.91 Å². The predicted molar refractivity (Wildman–Crippen MR) is 86.9 cm³/mol. The van der Waals surface area contributed by atoms with E-state index >= 15 is 0 Å². The van der Waals surface area contributed by atoms with Gasteiger partial charge in [0.1, 0.15) is 29.1 Å². The van der Waals surface area contributed by atoms with Crippen LogP contribution in [-0.2, 0) is 11.2 Å². The molecule has 1 atom stereocenters. The zero-order valence-electron chi connectivity index (χ0n) is 12.5. The first-order chi connectivity index (χ1) is 11.7. The van der Waals surface area contributed by atoms with Gasteiger partial charge in [-0.25, -0.2) is 13.2 Å². The van der Waals surface area contributed by atoms with Gasteiger partial charge >= 0.3 is 0 Å². The molecular weight excluding hydrogens is 380 g/mol. The van der Waals surface area contributed by atoms with Crippen LogP contribution in [0.25, 0.3) is 0 Å². The Hall–Kier alpha value is -2.25. The van der Waals surface area contributed by atoms with Crippen LogP contribution in [0.3, 0.4) is 0 Å². The minimum atomic E-state index is -1.41. The zero-order chi connectivity index (χ0) is 18.7. The van der Waals surface area contributed by atoms with Gasteiger partial charge < -0.3 is 11.1 Å². The molecule has 0 saturated carbocycles. The average Bonchev–Trinajstić information content (AvgIpc) is 2.48. The standard InChI is InChI=1S/C16H11Cl2F3N2O2/c17-9-2-1-3-10(18)8(9)6-13(15(22)24)23-16(25)14-11(20)4-7(19)5-12(14)21/h1-5,13H,6H2,(H2,22,24)(H,23,25)/t13-/m0/s1. The fourth-order valence-corrected chi connectivity index (χ4v) is 2.70. The van der Waals surface area contributed by atoms with Gasteiger partial charge in [-0.1, -0.05) is 29.3 Å². The van der Waals surface area contributed by atoms with E-state index in [-0.39, 0.29) is 16.5 Å². The lowest BCUT2D eigenvalue weighted by Gasteiger charge is -2.17. The number of hydrogen-bond acceptors (Lipinski definition) is 2. The molecule has 0 aromatic heterocycles. The van der Waals surface area contributed by atoms with Crippen molar-refractivity contribution < 1.29 is 22.8 Å². The van der Waals surface area contributed by atoms with Crippen LogP contribution in [-0.4, -0.2) is 17.9 Å². The Morgan fingerprint density at radius 3 is 2.08 bits per heavy atom. The van der Waals surface area contributed by atoms with Crippen LogP contribution in [0.1, 0.15) is 15.9 Å². The van der Waals surface area contributed by atoms with Crippen molar-refractivity contribution in [3.8, 4) is 0 Å². The molecule has 0 aliphatic rings. The fourth-order valence-electron chi connectivity index (χ4n) is 2.14. The first-order valence-corrected chi connectivity index (χ1v) is 7.64. The van der Waals surface area contributed by atoms with E-state index in [0.717, 1.165) is 0 Å². The van der Waals surface area contributed by atoms with Crippen molar-refractivity contribution in [1.82, 2.24) is 5.32 Å². The SMILES string of the molecule is NC(=O)[C@H](Cc1c(Cl)cccc1Cl)NC(=O)c1c(F)cc(F)cc1F. The van der Waals surface area contributed by atoms with Gasteiger partial charge in [0, 0.05) is 28.6 Å². The molecule has 9 heteroatoms. The third kappa shape index (κ3) is 4.43. The molecule has 2 rings (SSSR count). The Balaban J connectivity index is 2.28. The molecule has 0 spiro atoms. The van der Waals surface area contributed by atoms with E-state index in [1.165, 1.54) is 12.1 Å². The second-order valence-electron chi connectivity index (χ2n) is 5.08. The maximum Gasteiger partial charge on any atom is 0.257 e. The predicted octanol–water partition coefficient (Wildman–Crippen LogP) is 3.24. The minimum Gasteiger partial charge on any atom is -0.368 e. The number of nitrogens with two attached hydrogens (primary N) is 1. The van der Waals surface area contributed by atoms with Crippen molar-refractivity contribution in [2.24, 2.45) is 5.73 Å². The Bertz CT molecular complexity index is 803. The number of benzene rings is 2. The lowest BCUT2D eigenvalue weighted by atomic mass is 10.0. The molecule has 4 nitrogen and oxygen atoms in total. The Morgan fingerprint density at radius 2 is 1.60 bits per heavy atom. The van der Waals surface area contributed by atoms with Crippen LogP contribution in [0.5, 0.6) is 0 Å². The van der Waals surface area contributed by atoms with Crippen LogP contribution in [0.2, 0.25) is 10.0 Å². The van der Waals surface area contributed by atoms with E-state index in [2.05, 4.69) is 5.32 Å². The number of halogens is 5. The highest BCUT2D eigenvalue weighted by molar-refractivity contribution is 6.36. The Labute approximate surface area is 150 Å². The monoisotopic (exact) mass is 390 g/mol. The smallest absolute Gasteiger partial charge is 0.257 e. The van der Waals surface area contributed by atoms with E-state index in [1.54, 1.807) is 6.07 Å². The normalized spacial score (nSPS) is 11.9. The first kappa shape index (κ1) is 19.1. The van der Waals surface area contributed by atoms with Gasteiger partial charge in [0.15, 0.2) is 0 Å². The molecule has 0 aliphatic carbocycles. The summed E-state index contributed by atoms with van der Waals surface area (Å²) in [4.78, 5) is 23.7. The molecule has 132 valence electrons. The molecule has 2 aromatic carbocycles. The second kappa shape index (κ2) is 7.76. The number of carbonyl (C=O) groups is 2. The number of carbonyl (C=O) groups excluding carboxylic acids is 2. The zero-order valence-corrected chi connectivity index (χ0v) is 14.0. The Kier molecular flexibility index (Phi) is 5.92. The van der Waals surface area contributed by atoms with E-state index in [0.29, 0.717) is 17.7 Å². The summed E-state index contributed by atoms with van der Waals surface area (Å²) in [6.45, 7) is 0. The van der Waals surface area contributed by atoms with Crippen molar-refractivity contribution in [2.45, 2.75) is 12.5 Å². The van der Waals surface area contributed by atoms with Crippen molar-refractivity contribution in [1.29, 1.82) is 0 Å². The maximum atomic E-state index is 13.7. The topological polar surface area (TPSA) is 72.2 Å². The molecular formula is C16H11Cl2F3N2O2. The summed E-state index contributed by atoms with van der Waals surface area (Å²) in [7, 11) is 0. The van der Waals surface area contributed by atoms with Gasteiger partial charge in [-0.05, 0) is 17.7 Å². The lowest BCUT2D eigenvalue weighted by Crippen LogP contribution is -2.46. The largest absolute Gasteiger partial charge is 0.368 e. The number of primary amides is 1. The van der Waals surface area contributed by atoms with Gasteiger partial charge in [-0.2, -0.15) is 0 Å². The van der Waals surface area contributed by atoms with Crippen LogP contribution in [0.15, 0.2) is 30.3 Å². The second-order valence-corrected chi connectivity index (χ2v) is 5.89. The van der Waals surface area contributed by atoms with E-state index in [9.17, 15) is 22.8 Å². The Morgan fingerprint density at radius 1 is 1.08 bits per heavy atom. The molecule has 0 saturated heterocycles. The number of amides is 2. The van der Waals surface area contributed by atoms with Gasteiger partial charge in [-0.3, -0.25) is 9.59 Å². The number of hydrogen-bond donors (Lipinski definition) is 2. The average molecular weight is 391 g/mol. The highest BCUT2D eigenvalue weighted by Crippen LogP contribution is 2.25.